The average Bonchev–Trinajstić information content (AvgIpc) is 3.08. The lowest BCUT2D eigenvalue weighted by molar-refractivity contribution is -0.687. The van der Waals surface area contributed by atoms with E-state index in [9.17, 15) is 4.79 Å². The summed E-state index contributed by atoms with van der Waals surface area (Å²) in [6, 6.07) is 15.3. The summed E-state index contributed by atoms with van der Waals surface area (Å²) in [4.78, 5) is 16.1. The minimum absolute atomic E-state index is 0. The smallest absolute Gasteiger partial charge is 0.227 e. The van der Waals surface area contributed by atoms with E-state index in [0.29, 0.717) is 5.56 Å². The molecule has 0 fully saturated rings. The Morgan fingerprint density at radius 2 is 1.64 bits per heavy atom. The summed E-state index contributed by atoms with van der Waals surface area (Å²) in [5, 5.41) is 2.28. The van der Waals surface area contributed by atoms with Crippen LogP contribution in [0.1, 0.15) is 16.1 Å². The molecule has 0 aliphatic carbocycles. The van der Waals surface area contributed by atoms with Crippen molar-refractivity contribution in [3.8, 4) is 11.5 Å². The van der Waals surface area contributed by atoms with Crippen LogP contribution in [0.3, 0.4) is 0 Å². The number of benzene rings is 2. The van der Waals surface area contributed by atoms with E-state index in [4.69, 9.17) is 9.47 Å². The summed E-state index contributed by atoms with van der Waals surface area (Å²) >= 11 is 0. The van der Waals surface area contributed by atoms with Crippen molar-refractivity contribution in [3.05, 3.63) is 66.0 Å². The zero-order chi connectivity index (χ0) is 19.0. The predicted molar refractivity (Wildman–Crippen MR) is 105 cm³/mol. The zero-order valence-corrected chi connectivity index (χ0v) is 17.5. The molecule has 0 aliphatic heterocycles. The Morgan fingerprint density at radius 1 is 0.964 bits per heavy atom. The molecular weight excluding hydrogens is 420 g/mol. The first kappa shape index (κ1) is 19.9. The first-order valence-corrected chi connectivity index (χ1v) is 8.76. The summed E-state index contributed by atoms with van der Waals surface area (Å²) < 4.78 is 12.4. The largest absolute Gasteiger partial charge is 1.00 e. The maximum Gasteiger partial charge on any atom is 0.227 e. The van der Waals surface area contributed by atoms with Gasteiger partial charge in [0.1, 0.15) is 17.0 Å². The van der Waals surface area contributed by atoms with Crippen molar-refractivity contribution in [1.82, 2.24) is 4.98 Å². The second-order valence-corrected chi connectivity index (χ2v) is 6.51. The van der Waals surface area contributed by atoms with Gasteiger partial charge in [-0.2, -0.15) is 4.57 Å². The summed E-state index contributed by atoms with van der Waals surface area (Å²) in [5.41, 5.74) is 3.74. The van der Waals surface area contributed by atoms with Gasteiger partial charge < -0.3 is 31.4 Å². The van der Waals surface area contributed by atoms with E-state index in [1.807, 2.05) is 29.8 Å². The molecule has 0 saturated carbocycles. The zero-order valence-electron chi connectivity index (χ0n) is 16.0. The fraction of sp³-hybridized carbons (Fsp3) is 0.182. The number of H-pyrrole nitrogens is 1. The lowest BCUT2D eigenvalue weighted by Gasteiger charge is -2.03. The molecule has 2 heterocycles. The average molecular weight is 441 g/mol. The monoisotopic (exact) mass is 440 g/mol. The second-order valence-electron chi connectivity index (χ2n) is 6.51. The molecule has 0 bridgehead atoms. The molecule has 144 valence electrons. The fourth-order valence-electron chi connectivity index (χ4n) is 3.40. The number of nitrogens with one attached hydrogen (secondary N) is 1. The number of hydrogen-bond donors (Lipinski definition) is 1. The Kier molecular flexibility index (Phi) is 5.70. The third-order valence-corrected chi connectivity index (χ3v) is 4.99. The van der Waals surface area contributed by atoms with Crippen molar-refractivity contribution in [2.45, 2.75) is 13.5 Å². The Hall–Kier alpha value is -2.86. The number of ketones is 1. The number of carbonyl (C=O) groups excluding carboxylic acids is 1. The summed E-state index contributed by atoms with van der Waals surface area (Å²) in [6.07, 6.45) is 1.97. The van der Waals surface area contributed by atoms with E-state index in [-0.39, 0.29) is 29.3 Å². The molecule has 4 aromatic rings. The fourth-order valence-corrected chi connectivity index (χ4v) is 3.40. The van der Waals surface area contributed by atoms with Gasteiger partial charge in [0.15, 0.2) is 6.20 Å². The van der Waals surface area contributed by atoms with Crippen LogP contribution in [0.25, 0.3) is 21.8 Å². The number of Topliss-reactive ketones (excluding diaryl/α,β-unsaturated/α-hetero) is 1. The predicted octanol–water partition coefficient (Wildman–Crippen LogP) is 0.821. The van der Waals surface area contributed by atoms with Crippen molar-refractivity contribution < 1.29 is 35.8 Å². The molecule has 0 atom stereocenters. The number of hydrogen-bond acceptors (Lipinski definition) is 3. The van der Waals surface area contributed by atoms with Gasteiger partial charge in [0, 0.05) is 35.4 Å². The molecule has 0 saturated heterocycles. The van der Waals surface area contributed by atoms with Crippen LogP contribution in [0.2, 0.25) is 0 Å². The van der Waals surface area contributed by atoms with Crippen LogP contribution in [-0.4, -0.2) is 25.0 Å². The quantitative estimate of drug-likeness (QED) is 0.369. The van der Waals surface area contributed by atoms with Gasteiger partial charge in [-0.05, 0) is 36.4 Å². The van der Waals surface area contributed by atoms with E-state index in [1.165, 1.54) is 0 Å². The third-order valence-electron chi connectivity index (χ3n) is 4.99. The minimum atomic E-state index is 0. The summed E-state index contributed by atoms with van der Waals surface area (Å²) in [6.45, 7) is 2.31. The molecule has 0 spiro atoms. The molecule has 0 aliphatic rings. The van der Waals surface area contributed by atoms with Crippen LogP contribution in [0, 0.1) is 6.92 Å². The lowest BCUT2D eigenvalue weighted by atomic mass is 10.1. The molecule has 4 rings (SSSR count). The van der Waals surface area contributed by atoms with Gasteiger partial charge in [0.05, 0.1) is 19.7 Å². The Balaban J connectivity index is 0.00000225. The number of aromatic amines is 1. The van der Waals surface area contributed by atoms with E-state index in [1.54, 1.807) is 38.5 Å². The highest BCUT2D eigenvalue weighted by atomic mass is 79.9. The van der Waals surface area contributed by atoms with Crippen LogP contribution in [0.15, 0.2) is 54.7 Å². The molecule has 0 amide bonds. The molecular formula is C22H21BrN2O3. The Morgan fingerprint density at radius 3 is 2.32 bits per heavy atom. The minimum Gasteiger partial charge on any atom is -1.00 e. The molecule has 2 aromatic heterocycles. The molecule has 6 heteroatoms. The van der Waals surface area contributed by atoms with Crippen molar-refractivity contribution in [2.75, 3.05) is 14.2 Å². The number of fused-ring (bicyclic) bond motifs is 3. The summed E-state index contributed by atoms with van der Waals surface area (Å²) in [5.74, 6) is 1.61. The summed E-state index contributed by atoms with van der Waals surface area (Å²) in [7, 11) is 3.27. The first-order chi connectivity index (χ1) is 13.1. The molecule has 2 aromatic carbocycles. The van der Waals surface area contributed by atoms with Crippen molar-refractivity contribution in [1.29, 1.82) is 0 Å². The van der Waals surface area contributed by atoms with E-state index in [2.05, 4.69) is 17.1 Å². The van der Waals surface area contributed by atoms with Crippen LogP contribution in [-0.2, 0) is 6.54 Å². The van der Waals surface area contributed by atoms with Crippen LogP contribution in [0.4, 0.5) is 0 Å². The molecule has 5 nitrogen and oxygen atoms in total. The number of pyridine rings is 1. The highest BCUT2D eigenvalue weighted by molar-refractivity contribution is 6.07. The van der Waals surface area contributed by atoms with Gasteiger partial charge in [0.2, 0.25) is 18.0 Å². The van der Waals surface area contributed by atoms with Crippen LogP contribution < -0.4 is 31.0 Å². The normalized spacial score (nSPS) is 10.7. The van der Waals surface area contributed by atoms with Crippen LogP contribution >= 0.6 is 0 Å². The van der Waals surface area contributed by atoms with Crippen LogP contribution in [0.5, 0.6) is 11.5 Å². The molecule has 1 N–H and O–H groups in total. The van der Waals surface area contributed by atoms with Gasteiger partial charge in [-0.3, -0.25) is 4.79 Å². The van der Waals surface area contributed by atoms with Crippen molar-refractivity contribution >= 4 is 27.6 Å². The Bertz CT molecular complexity index is 1150. The number of carbonyl (C=O) groups is 1. The molecule has 0 radical (unpaired) electrons. The van der Waals surface area contributed by atoms with Gasteiger partial charge >= 0.3 is 0 Å². The number of ether oxygens (including phenoxy) is 2. The van der Waals surface area contributed by atoms with E-state index in [0.717, 1.165) is 39.0 Å². The number of aryl methyl sites for hydroxylation is 1. The maximum absolute atomic E-state index is 12.7. The highest BCUT2D eigenvalue weighted by Crippen LogP contribution is 2.28. The standard InChI is InChI=1S/C22H20N2O3.BrH/c1-14-22-19(18-9-8-17(27-3)12-20(18)23-22)10-11-24(14)13-21(25)15-4-6-16(26-2)7-5-15;/h4-12H,13H2,1-3H3;1H. The number of nitrogens with zero attached hydrogens (tertiary/aromatic N) is 1. The number of halogens is 1. The van der Waals surface area contributed by atoms with Crippen molar-refractivity contribution in [2.24, 2.45) is 0 Å². The van der Waals surface area contributed by atoms with Gasteiger partial charge in [-0.1, -0.05) is 0 Å². The van der Waals surface area contributed by atoms with Gasteiger partial charge in [-0.15, -0.1) is 0 Å². The highest BCUT2D eigenvalue weighted by Gasteiger charge is 2.19. The SMILES string of the molecule is COc1ccc(C(=O)C[n+]2ccc3c([nH]c4cc(OC)ccc43)c2C)cc1.[Br-]. The Labute approximate surface area is 173 Å². The lowest BCUT2D eigenvalue weighted by Crippen LogP contribution is -3.00. The first-order valence-electron chi connectivity index (χ1n) is 8.76. The van der Waals surface area contributed by atoms with Gasteiger partial charge in [-0.25, -0.2) is 0 Å². The maximum atomic E-state index is 12.7. The molecule has 0 unspecified atom stereocenters. The second kappa shape index (κ2) is 8.02. The number of aromatic nitrogens is 2. The van der Waals surface area contributed by atoms with Crippen molar-refractivity contribution in [3.63, 3.8) is 0 Å². The van der Waals surface area contributed by atoms with E-state index < -0.39 is 0 Å². The topological polar surface area (TPSA) is 55.2 Å². The van der Waals surface area contributed by atoms with E-state index >= 15 is 0 Å². The molecule has 28 heavy (non-hydrogen) atoms. The number of methoxy groups -OCH3 is 2. The van der Waals surface area contributed by atoms with Gasteiger partial charge in [0.25, 0.3) is 0 Å². The number of rotatable bonds is 5. The third kappa shape index (κ3) is 3.47.